The number of aromatic nitrogens is 1. The number of nitrogens with zero attached hydrogens (tertiary/aromatic N) is 1. The van der Waals surface area contributed by atoms with Crippen molar-refractivity contribution < 1.29 is 8.42 Å². The Kier molecular flexibility index (Phi) is 3.02. The van der Waals surface area contributed by atoms with Gasteiger partial charge in [-0.25, -0.2) is 8.42 Å². The number of rotatable bonds is 2. The monoisotopic (exact) mass is 235 g/mol. The van der Waals surface area contributed by atoms with Gasteiger partial charge in [0.05, 0.1) is 11.4 Å². The normalized spacial score (nSPS) is 10.4. The standard InChI is InChI=1S/C6H6BrNO2S/c7-5-1-2-6(8-3-5)4-11(9)10/h1-3,11H,4H2. The maximum Gasteiger partial charge on any atom is 0.145 e. The van der Waals surface area contributed by atoms with Crippen molar-refractivity contribution in [1.82, 2.24) is 4.98 Å². The van der Waals surface area contributed by atoms with E-state index < -0.39 is 10.7 Å². The summed E-state index contributed by atoms with van der Waals surface area (Å²) in [4.78, 5) is 3.89. The summed E-state index contributed by atoms with van der Waals surface area (Å²) in [5.41, 5.74) is 0.573. The topological polar surface area (TPSA) is 47.0 Å². The predicted octanol–water partition coefficient (Wildman–Crippen LogP) is 0.956. The third-order valence-corrected chi connectivity index (χ3v) is 2.13. The molecular weight excluding hydrogens is 230 g/mol. The number of hydrogen-bond acceptors (Lipinski definition) is 3. The highest BCUT2D eigenvalue weighted by Crippen LogP contribution is 2.07. The van der Waals surface area contributed by atoms with Crippen LogP contribution >= 0.6 is 15.9 Å². The molecule has 0 fully saturated rings. The fraction of sp³-hybridized carbons (Fsp3) is 0.167. The molecule has 0 aliphatic rings. The van der Waals surface area contributed by atoms with E-state index in [0.717, 1.165) is 4.47 Å². The second-order valence-corrected chi connectivity index (χ2v) is 3.86. The molecule has 5 heteroatoms. The lowest BCUT2D eigenvalue weighted by atomic mass is 10.4. The molecule has 0 aromatic carbocycles. The Morgan fingerprint density at radius 3 is 2.64 bits per heavy atom. The molecule has 0 aliphatic heterocycles. The minimum absolute atomic E-state index is 0.0165. The molecule has 0 atom stereocenters. The maximum atomic E-state index is 10.2. The van der Waals surface area contributed by atoms with Crippen molar-refractivity contribution in [2.45, 2.75) is 5.75 Å². The highest BCUT2D eigenvalue weighted by molar-refractivity contribution is 9.10. The molecule has 11 heavy (non-hydrogen) atoms. The molecule has 0 bridgehead atoms. The van der Waals surface area contributed by atoms with E-state index in [0.29, 0.717) is 5.69 Å². The smallest absolute Gasteiger partial charge is 0.145 e. The zero-order valence-electron chi connectivity index (χ0n) is 5.53. The minimum atomic E-state index is -2.36. The Labute approximate surface area is 74.5 Å². The zero-order valence-corrected chi connectivity index (χ0v) is 8.01. The summed E-state index contributed by atoms with van der Waals surface area (Å²) < 4.78 is 21.3. The van der Waals surface area contributed by atoms with E-state index >= 15 is 0 Å². The van der Waals surface area contributed by atoms with Gasteiger partial charge in [-0.3, -0.25) is 4.98 Å². The van der Waals surface area contributed by atoms with Crippen LogP contribution in [0.3, 0.4) is 0 Å². The maximum absolute atomic E-state index is 10.2. The Morgan fingerprint density at radius 2 is 2.18 bits per heavy atom. The molecule has 0 amide bonds. The van der Waals surface area contributed by atoms with Crippen LogP contribution in [0.15, 0.2) is 22.8 Å². The van der Waals surface area contributed by atoms with Crippen molar-refractivity contribution in [1.29, 1.82) is 0 Å². The first-order chi connectivity index (χ1) is 5.18. The molecule has 0 spiro atoms. The molecule has 0 radical (unpaired) electrons. The Morgan fingerprint density at radius 1 is 1.45 bits per heavy atom. The summed E-state index contributed by atoms with van der Waals surface area (Å²) in [5, 5.41) is 0. The summed E-state index contributed by atoms with van der Waals surface area (Å²) in [7, 11) is -2.36. The van der Waals surface area contributed by atoms with Gasteiger partial charge in [0.2, 0.25) is 0 Å². The first-order valence-electron chi connectivity index (χ1n) is 2.91. The molecule has 1 rings (SSSR count). The third-order valence-electron chi connectivity index (χ3n) is 1.08. The van der Waals surface area contributed by atoms with Crippen LogP contribution in [0.4, 0.5) is 0 Å². The van der Waals surface area contributed by atoms with Gasteiger partial charge in [-0.2, -0.15) is 0 Å². The second-order valence-electron chi connectivity index (χ2n) is 1.96. The van der Waals surface area contributed by atoms with E-state index in [-0.39, 0.29) is 5.75 Å². The van der Waals surface area contributed by atoms with Gasteiger partial charge in [0.1, 0.15) is 10.7 Å². The van der Waals surface area contributed by atoms with Gasteiger partial charge < -0.3 is 0 Å². The highest BCUT2D eigenvalue weighted by Gasteiger charge is 1.94. The second kappa shape index (κ2) is 3.82. The molecule has 0 saturated carbocycles. The molecule has 0 N–H and O–H groups in total. The fourth-order valence-corrected chi connectivity index (χ4v) is 1.32. The SMILES string of the molecule is O=[SH](=O)Cc1ccc(Br)cn1. The van der Waals surface area contributed by atoms with Crippen molar-refractivity contribution in [3.05, 3.63) is 28.5 Å². The molecule has 0 unspecified atom stereocenters. The molecule has 3 nitrogen and oxygen atoms in total. The summed E-state index contributed by atoms with van der Waals surface area (Å²) >= 11 is 3.20. The lowest BCUT2D eigenvalue weighted by Gasteiger charge is -1.92. The van der Waals surface area contributed by atoms with Gasteiger partial charge in [-0.05, 0) is 28.1 Å². The molecule has 60 valence electrons. The van der Waals surface area contributed by atoms with E-state index in [2.05, 4.69) is 20.9 Å². The minimum Gasteiger partial charge on any atom is -0.259 e. The average Bonchev–Trinajstić information content (AvgIpc) is 1.93. The van der Waals surface area contributed by atoms with Gasteiger partial charge in [-0.1, -0.05) is 0 Å². The highest BCUT2D eigenvalue weighted by atomic mass is 79.9. The van der Waals surface area contributed by atoms with Crippen molar-refractivity contribution in [2.75, 3.05) is 0 Å². The predicted molar refractivity (Wildman–Crippen MR) is 46.0 cm³/mol. The average molecular weight is 236 g/mol. The van der Waals surface area contributed by atoms with Crippen molar-refractivity contribution in [3.63, 3.8) is 0 Å². The molecule has 0 saturated heterocycles. The summed E-state index contributed by atoms with van der Waals surface area (Å²) in [6.45, 7) is 0. The van der Waals surface area contributed by atoms with E-state index in [1.165, 1.54) is 0 Å². The van der Waals surface area contributed by atoms with Crippen molar-refractivity contribution in [2.24, 2.45) is 0 Å². The Hall–Kier alpha value is -0.420. The molecular formula is C6H6BrNO2S. The first kappa shape index (κ1) is 8.67. The van der Waals surface area contributed by atoms with Crippen molar-refractivity contribution >= 4 is 26.6 Å². The summed E-state index contributed by atoms with van der Waals surface area (Å²) in [6, 6.07) is 3.44. The molecule has 1 aromatic heterocycles. The molecule has 1 heterocycles. The van der Waals surface area contributed by atoms with Crippen molar-refractivity contribution in [3.8, 4) is 0 Å². The van der Waals surface area contributed by atoms with Crippen LogP contribution in [0.2, 0.25) is 0 Å². The number of thiol groups is 1. The van der Waals surface area contributed by atoms with Gasteiger partial charge in [0.25, 0.3) is 0 Å². The van der Waals surface area contributed by atoms with Gasteiger partial charge in [0, 0.05) is 10.7 Å². The lowest BCUT2D eigenvalue weighted by Crippen LogP contribution is -1.89. The lowest BCUT2D eigenvalue weighted by molar-refractivity contribution is 0.613. The number of halogens is 1. The largest absolute Gasteiger partial charge is 0.259 e. The van der Waals surface area contributed by atoms with E-state index in [4.69, 9.17) is 0 Å². The third kappa shape index (κ3) is 2.98. The van der Waals surface area contributed by atoms with Crippen LogP contribution in [0, 0.1) is 0 Å². The summed E-state index contributed by atoms with van der Waals surface area (Å²) in [5.74, 6) is 0.0165. The summed E-state index contributed by atoms with van der Waals surface area (Å²) in [6.07, 6.45) is 1.58. The van der Waals surface area contributed by atoms with Gasteiger partial charge in [-0.15, -0.1) is 0 Å². The van der Waals surface area contributed by atoms with E-state index in [1.807, 2.05) is 0 Å². The van der Waals surface area contributed by atoms with E-state index in [1.54, 1.807) is 18.3 Å². The quantitative estimate of drug-likeness (QED) is 0.778. The molecule has 0 aliphatic carbocycles. The zero-order chi connectivity index (χ0) is 8.27. The fourth-order valence-electron chi connectivity index (χ4n) is 0.632. The van der Waals surface area contributed by atoms with Crippen LogP contribution in [0.5, 0.6) is 0 Å². The van der Waals surface area contributed by atoms with Crippen LogP contribution in [0.1, 0.15) is 5.69 Å². The first-order valence-corrected chi connectivity index (χ1v) is 5.06. The van der Waals surface area contributed by atoms with Crippen LogP contribution in [-0.2, 0) is 16.5 Å². The van der Waals surface area contributed by atoms with Gasteiger partial charge >= 0.3 is 0 Å². The number of hydrogen-bond donors (Lipinski definition) is 1. The van der Waals surface area contributed by atoms with Crippen LogP contribution in [0.25, 0.3) is 0 Å². The van der Waals surface area contributed by atoms with Crippen LogP contribution in [-0.4, -0.2) is 13.4 Å². The van der Waals surface area contributed by atoms with Crippen LogP contribution < -0.4 is 0 Å². The van der Waals surface area contributed by atoms with Gasteiger partial charge in [0.15, 0.2) is 0 Å². The Balaban J connectivity index is 2.82. The Bertz CT molecular complexity index is 299. The molecule has 1 aromatic rings. The van der Waals surface area contributed by atoms with E-state index in [9.17, 15) is 8.42 Å². The number of pyridine rings is 1.